The van der Waals surface area contributed by atoms with E-state index in [1.165, 1.54) is 11.1 Å². The first kappa shape index (κ1) is 30.2. The predicted molar refractivity (Wildman–Crippen MR) is 172 cm³/mol. The summed E-state index contributed by atoms with van der Waals surface area (Å²) in [5, 5.41) is 0. The van der Waals surface area contributed by atoms with Crippen LogP contribution in [0.5, 0.6) is 11.5 Å². The van der Waals surface area contributed by atoms with Crippen molar-refractivity contribution in [2.45, 2.75) is 13.8 Å². The van der Waals surface area contributed by atoms with Gasteiger partial charge in [0.1, 0.15) is 36.1 Å². The van der Waals surface area contributed by atoms with Gasteiger partial charge in [-0.05, 0) is 73.5 Å². The minimum Gasteiger partial charge on any atom is -0.490 e. The molecule has 0 fully saturated rings. The van der Waals surface area contributed by atoms with Crippen LogP contribution in [-0.4, -0.2) is 82.8 Å². The van der Waals surface area contributed by atoms with Gasteiger partial charge in [0.05, 0.1) is 74.1 Å². The van der Waals surface area contributed by atoms with Crippen LogP contribution >= 0.6 is 0 Å². The largest absolute Gasteiger partial charge is 0.490 e. The Morgan fingerprint density at radius 1 is 0.511 bits per heavy atom. The summed E-state index contributed by atoms with van der Waals surface area (Å²) in [4.78, 5) is 24.8. The number of H-pyrrole nitrogens is 2. The van der Waals surface area contributed by atoms with Gasteiger partial charge in [0.2, 0.25) is 0 Å². The third kappa shape index (κ3) is 8.21. The van der Waals surface area contributed by atoms with E-state index in [0.717, 1.165) is 45.1 Å². The first-order chi connectivity index (χ1) is 22.1. The number of rotatable bonds is 16. The van der Waals surface area contributed by atoms with E-state index in [9.17, 15) is 0 Å². The van der Waals surface area contributed by atoms with Crippen molar-refractivity contribution >= 4 is 22.1 Å². The quantitative estimate of drug-likeness (QED) is 0.133. The Kier molecular flexibility index (Phi) is 9.90. The molecule has 0 unspecified atom stereocenters. The van der Waals surface area contributed by atoms with Crippen LogP contribution in [0.15, 0.2) is 73.1 Å². The van der Waals surface area contributed by atoms with E-state index in [-0.39, 0.29) is 0 Å². The average Bonchev–Trinajstić information content (AvgIpc) is 3.68. The number of benzene rings is 2. The molecule has 0 aliphatic heterocycles. The maximum absolute atomic E-state index is 5.73. The van der Waals surface area contributed by atoms with Crippen LogP contribution in [0.2, 0.25) is 0 Å². The molecule has 0 atom stereocenters. The second-order valence-corrected chi connectivity index (χ2v) is 10.5. The summed E-state index contributed by atoms with van der Waals surface area (Å²) < 4.78 is 28.2. The van der Waals surface area contributed by atoms with Gasteiger partial charge >= 0.3 is 0 Å². The van der Waals surface area contributed by atoms with Crippen molar-refractivity contribution in [3.05, 3.63) is 84.2 Å². The average molecular weight is 609 g/mol. The van der Waals surface area contributed by atoms with Crippen molar-refractivity contribution < 1.29 is 23.7 Å². The van der Waals surface area contributed by atoms with Crippen LogP contribution in [0, 0.1) is 13.8 Å². The van der Waals surface area contributed by atoms with Gasteiger partial charge in [0, 0.05) is 0 Å². The van der Waals surface area contributed by atoms with Crippen molar-refractivity contribution in [1.82, 2.24) is 29.9 Å². The van der Waals surface area contributed by atoms with Gasteiger partial charge in [-0.15, -0.1) is 0 Å². The molecule has 6 aromatic rings. The monoisotopic (exact) mass is 608 g/mol. The Morgan fingerprint density at radius 3 is 1.33 bits per heavy atom. The van der Waals surface area contributed by atoms with Gasteiger partial charge in [-0.1, -0.05) is 12.1 Å². The van der Waals surface area contributed by atoms with E-state index in [4.69, 9.17) is 23.7 Å². The van der Waals surface area contributed by atoms with Crippen LogP contribution in [0.1, 0.15) is 11.1 Å². The molecule has 2 N–H and O–H groups in total. The lowest BCUT2D eigenvalue weighted by molar-refractivity contribution is 0.00496. The van der Waals surface area contributed by atoms with E-state index in [0.29, 0.717) is 64.4 Å². The Balaban J connectivity index is 0.776. The van der Waals surface area contributed by atoms with Crippen molar-refractivity contribution in [1.29, 1.82) is 0 Å². The zero-order valence-corrected chi connectivity index (χ0v) is 25.4. The topological polar surface area (TPSA) is 129 Å². The number of hydrogen-bond acceptors (Lipinski definition) is 9. The van der Waals surface area contributed by atoms with Gasteiger partial charge in [-0.25, -0.2) is 19.9 Å². The third-order valence-electron chi connectivity index (χ3n) is 6.97. The number of nitrogens with one attached hydrogen (secondary N) is 2. The molecular formula is C34H36N6O5. The predicted octanol–water partition coefficient (Wildman–Crippen LogP) is 5.69. The molecule has 0 aliphatic carbocycles. The zero-order valence-electron chi connectivity index (χ0n) is 25.4. The first-order valence-corrected chi connectivity index (χ1v) is 15.0. The fraction of sp³-hybridized carbons (Fsp3) is 0.294. The number of aromatic nitrogens is 6. The van der Waals surface area contributed by atoms with E-state index < -0.39 is 0 Å². The molecule has 0 radical (unpaired) electrons. The highest BCUT2D eigenvalue weighted by Gasteiger charge is 2.08. The van der Waals surface area contributed by atoms with Crippen molar-refractivity contribution in [3.63, 3.8) is 0 Å². The second kappa shape index (κ2) is 14.8. The highest BCUT2D eigenvalue weighted by Crippen LogP contribution is 2.22. The number of hydrogen-bond donors (Lipinski definition) is 2. The van der Waals surface area contributed by atoms with Crippen LogP contribution in [-0.2, 0) is 14.2 Å². The molecule has 4 aromatic heterocycles. The Labute approximate surface area is 260 Å². The number of fused-ring (bicyclic) bond motifs is 2. The number of aryl methyl sites for hydroxylation is 2. The number of aromatic amines is 2. The lowest BCUT2D eigenvalue weighted by atomic mass is 10.2. The molecule has 2 aromatic carbocycles. The maximum atomic E-state index is 5.73. The molecule has 45 heavy (non-hydrogen) atoms. The summed E-state index contributed by atoms with van der Waals surface area (Å²) in [6, 6.07) is 19.8. The molecule has 0 bridgehead atoms. The van der Waals surface area contributed by atoms with Crippen LogP contribution < -0.4 is 9.47 Å². The van der Waals surface area contributed by atoms with E-state index in [1.807, 2.05) is 48.5 Å². The molecule has 0 spiro atoms. The summed E-state index contributed by atoms with van der Waals surface area (Å²) in [7, 11) is 0. The standard InChI is InChI=1S/C34H36N6O5/c1-23-3-7-27-31(19-23)39-33(37-27)29-9-5-25(21-35-29)44-17-15-42-13-11-41-12-14-43-16-18-45-26-6-10-30(36-22-26)34-38-28-8-4-24(2)20-32(28)40-34/h3-10,19-22H,11-18H2,1-2H3,(H,37,39)(H,38,40). The minimum atomic E-state index is 0.423. The molecule has 0 aliphatic rings. The summed E-state index contributed by atoms with van der Waals surface area (Å²) in [5.74, 6) is 2.83. The normalized spacial score (nSPS) is 11.4. The molecule has 4 heterocycles. The molecule has 0 saturated carbocycles. The molecule has 0 amide bonds. The van der Waals surface area contributed by atoms with E-state index >= 15 is 0 Å². The maximum Gasteiger partial charge on any atom is 0.157 e. The molecular weight excluding hydrogens is 572 g/mol. The number of pyridine rings is 2. The molecule has 11 heteroatoms. The Morgan fingerprint density at radius 2 is 0.933 bits per heavy atom. The SMILES string of the molecule is Cc1ccc2nc(-c3ccc(OCCOCCOCCOCCOc4ccc(-c5nc6ccc(C)cc6[nH]5)nc4)cn3)[nH]c2c1. The molecule has 6 rings (SSSR count). The van der Waals surface area contributed by atoms with Crippen molar-refractivity contribution in [3.8, 4) is 34.5 Å². The number of imidazole rings is 2. The summed E-state index contributed by atoms with van der Waals surface area (Å²) in [6.07, 6.45) is 3.39. The lowest BCUT2D eigenvalue weighted by Crippen LogP contribution is -2.14. The number of nitrogens with zero attached hydrogens (tertiary/aromatic N) is 4. The van der Waals surface area contributed by atoms with Crippen LogP contribution in [0.3, 0.4) is 0 Å². The van der Waals surface area contributed by atoms with E-state index in [2.05, 4.69) is 55.9 Å². The van der Waals surface area contributed by atoms with Crippen molar-refractivity contribution in [2.75, 3.05) is 52.9 Å². The highest BCUT2D eigenvalue weighted by molar-refractivity contribution is 5.80. The third-order valence-corrected chi connectivity index (χ3v) is 6.97. The Bertz CT molecular complexity index is 1680. The summed E-state index contributed by atoms with van der Waals surface area (Å²) in [5.41, 5.74) is 7.73. The fourth-order valence-electron chi connectivity index (χ4n) is 4.68. The minimum absolute atomic E-state index is 0.423. The number of ether oxygens (including phenoxy) is 5. The highest BCUT2D eigenvalue weighted by atomic mass is 16.6. The van der Waals surface area contributed by atoms with Gasteiger partial charge in [0.15, 0.2) is 11.6 Å². The van der Waals surface area contributed by atoms with E-state index in [1.54, 1.807) is 12.4 Å². The summed E-state index contributed by atoms with van der Waals surface area (Å²) >= 11 is 0. The van der Waals surface area contributed by atoms with Gasteiger partial charge in [0.25, 0.3) is 0 Å². The van der Waals surface area contributed by atoms with Crippen LogP contribution in [0.4, 0.5) is 0 Å². The van der Waals surface area contributed by atoms with Crippen molar-refractivity contribution in [2.24, 2.45) is 0 Å². The fourth-order valence-corrected chi connectivity index (χ4v) is 4.68. The molecule has 0 saturated heterocycles. The summed E-state index contributed by atoms with van der Waals surface area (Å²) in [6.45, 7) is 7.79. The first-order valence-electron chi connectivity index (χ1n) is 15.0. The van der Waals surface area contributed by atoms with Gasteiger partial charge in [-0.2, -0.15) is 0 Å². The lowest BCUT2D eigenvalue weighted by Gasteiger charge is -2.09. The Hall–Kier alpha value is -4.84. The smallest absolute Gasteiger partial charge is 0.157 e. The van der Waals surface area contributed by atoms with Gasteiger partial charge in [-0.3, -0.25) is 0 Å². The zero-order chi connectivity index (χ0) is 30.8. The molecule has 11 nitrogen and oxygen atoms in total. The van der Waals surface area contributed by atoms with Crippen LogP contribution in [0.25, 0.3) is 45.1 Å². The second-order valence-electron chi connectivity index (χ2n) is 10.5. The molecule has 232 valence electrons. The van der Waals surface area contributed by atoms with Gasteiger partial charge < -0.3 is 33.7 Å².